The number of rotatable bonds is 14. The molecule has 0 aromatic heterocycles. The molecule has 0 aliphatic carbocycles. The highest BCUT2D eigenvalue weighted by atomic mass is 16.5. The van der Waals surface area contributed by atoms with Crippen LogP contribution >= 0.6 is 0 Å². The minimum atomic E-state index is -0.107. The zero-order valence-corrected chi connectivity index (χ0v) is 21.4. The summed E-state index contributed by atoms with van der Waals surface area (Å²) in [6, 6.07) is 12.3. The predicted octanol–water partition coefficient (Wildman–Crippen LogP) is 4.53. The molecule has 0 heterocycles. The van der Waals surface area contributed by atoms with Crippen molar-refractivity contribution >= 4 is 0 Å². The minimum absolute atomic E-state index is 0.107. The summed E-state index contributed by atoms with van der Waals surface area (Å²) in [6.07, 6.45) is 3.03. The monoisotopic (exact) mass is 458 g/mol. The van der Waals surface area contributed by atoms with Gasteiger partial charge in [0.15, 0.2) is 23.0 Å². The molecule has 2 aromatic carbocycles. The van der Waals surface area contributed by atoms with Crippen molar-refractivity contribution in [3.8, 4) is 23.0 Å². The molecule has 6 nitrogen and oxygen atoms in total. The molecule has 0 saturated heterocycles. The SMILES string of the molecule is COc1ccc(CCN(C)CCC[C@@](CN)(c2ccc(OC)c(OC)c2)C(C)C)cc1OC. The largest absolute Gasteiger partial charge is 0.493 e. The number of likely N-dealkylation sites (N-methyl/N-ethyl adjacent to an activating group) is 1. The Kier molecular flexibility index (Phi) is 10.3. The van der Waals surface area contributed by atoms with Gasteiger partial charge >= 0.3 is 0 Å². The molecule has 0 amide bonds. The molecular weight excluding hydrogens is 416 g/mol. The number of nitrogens with two attached hydrogens (primary N) is 1. The summed E-state index contributed by atoms with van der Waals surface area (Å²) >= 11 is 0. The Balaban J connectivity index is 2.01. The molecule has 0 aliphatic heterocycles. The topological polar surface area (TPSA) is 66.2 Å². The quantitative estimate of drug-likeness (QED) is 0.449. The van der Waals surface area contributed by atoms with E-state index in [1.54, 1.807) is 28.4 Å². The molecule has 2 rings (SSSR count). The Hall–Kier alpha value is -2.44. The Morgan fingerprint density at radius 3 is 1.94 bits per heavy atom. The highest BCUT2D eigenvalue weighted by molar-refractivity contribution is 5.46. The van der Waals surface area contributed by atoms with Crippen LogP contribution < -0.4 is 24.7 Å². The van der Waals surface area contributed by atoms with Crippen LogP contribution in [0.3, 0.4) is 0 Å². The number of benzene rings is 2. The van der Waals surface area contributed by atoms with E-state index in [0.29, 0.717) is 12.5 Å². The molecule has 184 valence electrons. The van der Waals surface area contributed by atoms with Crippen molar-refractivity contribution in [1.82, 2.24) is 4.90 Å². The van der Waals surface area contributed by atoms with Gasteiger partial charge in [0.25, 0.3) is 0 Å². The molecule has 0 spiro atoms. The fourth-order valence-corrected chi connectivity index (χ4v) is 4.50. The first-order chi connectivity index (χ1) is 15.8. The zero-order valence-electron chi connectivity index (χ0n) is 21.4. The second kappa shape index (κ2) is 12.7. The van der Waals surface area contributed by atoms with Crippen LogP contribution in [0.2, 0.25) is 0 Å². The summed E-state index contributed by atoms with van der Waals surface area (Å²) in [5.41, 5.74) is 8.74. The third-order valence-corrected chi connectivity index (χ3v) is 6.82. The van der Waals surface area contributed by atoms with Crippen LogP contribution in [0, 0.1) is 5.92 Å². The summed E-state index contributed by atoms with van der Waals surface area (Å²) < 4.78 is 21.7. The summed E-state index contributed by atoms with van der Waals surface area (Å²) in [5, 5.41) is 0. The molecule has 33 heavy (non-hydrogen) atoms. The summed E-state index contributed by atoms with van der Waals surface area (Å²) in [6.45, 7) is 7.09. The second-order valence-electron chi connectivity index (χ2n) is 8.93. The lowest BCUT2D eigenvalue weighted by molar-refractivity contribution is 0.255. The van der Waals surface area contributed by atoms with Gasteiger partial charge in [0, 0.05) is 18.5 Å². The number of nitrogens with zero attached hydrogens (tertiary/aromatic N) is 1. The van der Waals surface area contributed by atoms with Gasteiger partial charge < -0.3 is 29.6 Å². The van der Waals surface area contributed by atoms with Crippen molar-refractivity contribution in [3.05, 3.63) is 47.5 Å². The summed E-state index contributed by atoms with van der Waals surface area (Å²) in [7, 11) is 8.84. The predicted molar refractivity (Wildman–Crippen MR) is 135 cm³/mol. The average Bonchev–Trinajstić information content (AvgIpc) is 2.84. The lowest BCUT2D eigenvalue weighted by Crippen LogP contribution is -2.41. The zero-order chi connectivity index (χ0) is 24.4. The van der Waals surface area contributed by atoms with Gasteiger partial charge in [-0.15, -0.1) is 0 Å². The first-order valence-electron chi connectivity index (χ1n) is 11.7. The van der Waals surface area contributed by atoms with E-state index in [1.807, 2.05) is 12.1 Å². The van der Waals surface area contributed by atoms with Crippen LogP contribution in [0.1, 0.15) is 37.8 Å². The molecule has 1 atom stereocenters. The van der Waals surface area contributed by atoms with E-state index in [1.165, 1.54) is 11.1 Å². The Bertz CT molecular complexity index is 871. The van der Waals surface area contributed by atoms with Crippen LogP contribution in [0.25, 0.3) is 0 Å². The van der Waals surface area contributed by atoms with Crippen molar-refractivity contribution in [1.29, 1.82) is 0 Å². The van der Waals surface area contributed by atoms with Crippen LogP contribution in [-0.2, 0) is 11.8 Å². The molecule has 2 N–H and O–H groups in total. The van der Waals surface area contributed by atoms with Gasteiger partial charge in [-0.2, -0.15) is 0 Å². The van der Waals surface area contributed by atoms with Crippen molar-refractivity contribution in [2.75, 3.05) is 55.1 Å². The van der Waals surface area contributed by atoms with Gasteiger partial charge in [-0.05, 0) is 74.2 Å². The first kappa shape index (κ1) is 26.8. The second-order valence-corrected chi connectivity index (χ2v) is 8.93. The van der Waals surface area contributed by atoms with Crippen molar-refractivity contribution in [2.45, 2.75) is 38.5 Å². The summed E-state index contributed by atoms with van der Waals surface area (Å²) in [5.74, 6) is 3.43. The number of hydrogen-bond acceptors (Lipinski definition) is 6. The number of methoxy groups -OCH3 is 4. The van der Waals surface area contributed by atoms with E-state index in [0.717, 1.165) is 55.4 Å². The van der Waals surface area contributed by atoms with Crippen LogP contribution in [0.4, 0.5) is 0 Å². The molecule has 0 radical (unpaired) electrons. The molecule has 0 bridgehead atoms. The van der Waals surface area contributed by atoms with Gasteiger partial charge in [-0.25, -0.2) is 0 Å². The Labute approximate surface area is 200 Å². The van der Waals surface area contributed by atoms with Crippen LogP contribution in [0.15, 0.2) is 36.4 Å². The normalized spacial score (nSPS) is 13.2. The smallest absolute Gasteiger partial charge is 0.161 e. The molecule has 6 heteroatoms. The van der Waals surface area contributed by atoms with Crippen molar-refractivity contribution in [3.63, 3.8) is 0 Å². The number of ether oxygens (including phenoxy) is 4. The molecular formula is C27H42N2O4. The Morgan fingerprint density at radius 1 is 0.818 bits per heavy atom. The maximum Gasteiger partial charge on any atom is 0.161 e. The third kappa shape index (κ3) is 6.55. The maximum absolute atomic E-state index is 6.40. The van der Waals surface area contributed by atoms with Gasteiger partial charge in [0.1, 0.15) is 0 Å². The van der Waals surface area contributed by atoms with Crippen LogP contribution in [0.5, 0.6) is 23.0 Å². The van der Waals surface area contributed by atoms with Gasteiger partial charge in [-0.1, -0.05) is 26.0 Å². The van der Waals surface area contributed by atoms with E-state index in [4.69, 9.17) is 24.7 Å². The fraction of sp³-hybridized carbons (Fsp3) is 0.556. The van der Waals surface area contributed by atoms with Crippen molar-refractivity contribution < 1.29 is 18.9 Å². The van der Waals surface area contributed by atoms with Gasteiger partial charge in [0.2, 0.25) is 0 Å². The lowest BCUT2D eigenvalue weighted by atomic mass is 9.68. The van der Waals surface area contributed by atoms with E-state index in [9.17, 15) is 0 Å². The summed E-state index contributed by atoms with van der Waals surface area (Å²) in [4.78, 5) is 2.38. The highest BCUT2D eigenvalue weighted by Crippen LogP contribution is 2.40. The molecule has 2 aromatic rings. The molecule has 0 fully saturated rings. The van der Waals surface area contributed by atoms with E-state index in [-0.39, 0.29) is 5.41 Å². The minimum Gasteiger partial charge on any atom is -0.493 e. The van der Waals surface area contributed by atoms with E-state index in [2.05, 4.69) is 50.1 Å². The third-order valence-electron chi connectivity index (χ3n) is 6.82. The standard InChI is InChI=1S/C27H42N2O4/c1-20(2)27(19-28,22-10-12-24(31-5)26(18-22)33-7)14-8-15-29(3)16-13-21-9-11-23(30-4)25(17-21)32-6/h9-12,17-18,20H,8,13-16,19,28H2,1-7H3/t27-/m0/s1. The van der Waals surface area contributed by atoms with Gasteiger partial charge in [0.05, 0.1) is 28.4 Å². The highest BCUT2D eigenvalue weighted by Gasteiger charge is 2.34. The van der Waals surface area contributed by atoms with E-state index < -0.39 is 0 Å². The average molecular weight is 459 g/mol. The first-order valence-corrected chi connectivity index (χ1v) is 11.7. The molecule has 0 aliphatic rings. The van der Waals surface area contributed by atoms with E-state index >= 15 is 0 Å². The van der Waals surface area contributed by atoms with Gasteiger partial charge in [-0.3, -0.25) is 0 Å². The van der Waals surface area contributed by atoms with Crippen LogP contribution in [-0.4, -0.2) is 60.0 Å². The Morgan fingerprint density at radius 2 is 1.39 bits per heavy atom. The number of hydrogen-bond donors (Lipinski definition) is 1. The lowest BCUT2D eigenvalue weighted by Gasteiger charge is -2.38. The van der Waals surface area contributed by atoms with Crippen molar-refractivity contribution in [2.24, 2.45) is 11.7 Å². The maximum atomic E-state index is 6.40. The fourth-order valence-electron chi connectivity index (χ4n) is 4.50. The molecule has 0 saturated carbocycles. The molecule has 0 unspecified atom stereocenters.